The number of nitrogens with one attached hydrogen (secondary N) is 1. The molecule has 1 heterocycles. The Bertz CT molecular complexity index is 585. The summed E-state index contributed by atoms with van der Waals surface area (Å²) in [6.45, 7) is 5.18. The monoisotopic (exact) mass is 266 g/mol. The van der Waals surface area contributed by atoms with E-state index in [-0.39, 0.29) is 0 Å². The highest BCUT2D eigenvalue weighted by molar-refractivity contribution is 5.27. The Kier molecular flexibility index (Phi) is 3.83. The van der Waals surface area contributed by atoms with Crippen molar-refractivity contribution >= 4 is 0 Å². The van der Waals surface area contributed by atoms with Crippen molar-refractivity contribution in [3.63, 3.8) is 0 Å². The summed E-state index contributed by atoms with van der Waals surface area (Å²) in [5, 5.41) is 3.63. The lowest BCUT2D eigenvalue weighted by Gasteiger charge is -2.36. The minimum atomic E-state index is 0.641. The molecule has 0 bridgehead atoms. The Labute approximate surface area is 121 Å². The second-order valence-corrected chi connectivity index (χ2v) is 5.93. The Hall–Kier alpha value is -1.67. The van der Waals surface area contributed by atoms with Crippen molar-refractivity contribution in [3.8, 4) is 0 Å². The quantitative estimate of drug-likeness (QED) is 0.912. The molecule has 0 unspecified atom stereocenters. The van der Waals surface area contributed by atoms with E-state index >= 15 is 0 Å². The summed E-state index contributed by atoms with van der Waals surface area (Å²) >= 11 is 0. The summed E-state index contributed by atoms with van der Waals surface area (Å²) in [4.78, 5) is 4.43. The zero-order valence-electron chi connectivity index (χ0n) is 12.3. The topological polar surface area (TPSA) is 24.9 Å². The second kappa shape index (κ2) is 5.76. The Morgan fingerprint density at radius 2 is 2.00 bits per heavy atom. The molecule has 20 heavy (non-hydrogen) atoms. The highest BCUT2D eigenvalue weighted by Gasteiger charge is 2.29. The first-order chi connectivity index (χ1) is 9.72. The lowest BCUT2D eigenvalue weighted by molar-refractivity contribution is 0.288. The summed E-state index contributed by atoms with van der Waals surface area (Å²) in [5.74, 6) is 0.734. The van der Waals surface area contributed by atoms with Gasteiger partial charge in [0.25, 0.3) is 0 Å². The van der Waals surface area contributed by atoms with Crippen LogP contribution in [0.2, 0.25) is 0 Å². The minimum Gasteiger partial charge on any atom is -0.308 e. The van der Waals surface area contributed by atoms with E-state index in [4.69, 9.17) is 0 Å². The van der Waals surface area contributed by atoms with Crippen molar-refractivity contribution in [1.29, 1.82) is 0 Å². The van der Waals surface area contributed by atoms with Crippen LogP contribution in [-0.2, 0) is 6.54 Å². The van der Waals surface area contributed by atoms with Crippen LogP contribution in [0.1, 0.15) is 41.1 Å². The number of pyridine rings is 1. The van der Waals surface area contributed by atoms with Crippen molar-refractivity contribution in [2.24, 2.45) is 0 Å². The normalized spacial score (nSPS) is 21.5. The van der Waals surface area contributed by atoms with Gasteiger partial charge in [-0.05, 0) is 49.8 Å². The molecule has 0 spiro atoms. The average molecular weight is 266 g/mol. The van der Waals surface area contributed by atoms with Gasteiger partial charge in [-0.3, -0.25) is 4.98 Å². The van der Waals surface area contributed by atoms with Gasteiger partial charge in [-0.25, -0.2) is 0 Å². The molecule has 2 nitrogen and oxygen atoms in total. The lowest BCUT2D eigenvalue weighted by atomic mass is 9.75. The van der Waals surface area contributed by atoms with Gasteiger partial charge in [0.15, 0.2) is 0 Å². The molecule has 0 radical (unpaired) electrons. The number of hydrogen-bond donors (Lipinski definition) is 1. The molecule has 1 aliphatic rings. The van der Waals surface area contributed by atoms with Gasteiger partial charge < -0.3 is 5.32 Å². The van der Waals surface area contributed by atoms with Crippen LogP contribution in [-0.4, -0.2) is 11.0 Å². The number of nitrogens with zero attached hydrogens (tertiary/aromatic N) is 1. The molecule has 1 aromatic carbocycles. The predicted octanol–water partition coefficient (Wildman–Crippen LogP) is 3.73. The summed E-state index contributed by atoms with van der Waals surface area (Å²) in [5.41, 5.74) is 5.31. The molecule has 1 aromatic heterocycles. The minimum absolute atomic E-state index is 0.641. The number of aryl methyl sites for hydroxylation is 2. The molecule has 1 fully saturated rings. The van der Waals surface area contributed by atoms with Crippen molar-refractivity contribution in [2.45, 2.75) is 45.2 Å². The van der Waals surface area contributed by atoms with Crippen molar-refractivity contribution < 1.29 is 0 Å². The van der Waals surface area contributed by atoms with Crippen molar-refractivity contribution in [1.82, 2.24) is 10.3 Å². The van der Waals surface area contributed by atoms with E-state index in [1.54, 1.807) is 0 Å². The number of aromatic nitrogens is 1. The summed E-state index contributed by atoms with van der Waals surface area (Å²) in [6.07, 6.45) is 4.37. The van der Waals surface area contributed by atoms with Crippen LogP contribution in [0, 0.1) is 13.8 Å². The fourth-order valence-corrected chi connectivity index (χ4v) is 2.93. The highest BCUT2D eigenvalue weighted by atomic mass is 14.9. The number of hydrogen-bond acceptors (Lipinski definition) is 2. The summed E-state index contributed by atoms with van der Waals surface area (Å²) in [7, 11) is 0. The maximum absolute atomic E-state index is 4.43. The van der Waals surface area contributed by atoms with E-state index < -0.39 is 0 Å². The van der Waals surface area contributed by atoms with Crippen LogP contribution < -0.4 is 5.32 Å². The number of benzene rings is 1. The molecule has 104 valence electrons. The highest BCUT2D eigenvalue weighted by Crippen LogP contribution is 2.37. The molecule has 2 heteroatoms. The van der Waals surface area contributed by atoms with Gasteiger partial charge in [-0.15, -0.1) is 0 Å². The average Bonchev–Trinajstić information content (AvgIpc) is 2.39. The maximum Gasteiger partial charge on any atom is 0.0570 e. The molecule has 0 aliphatic heterocycles. The van der Waals surface area contributed by atoms with Gasteiger partial charge in [0.2, 0.25) is 0 Å². The van der Waals surface area contributed by atoms with Gasteiger partial charge in [0.1, 0.15) is 0 Å². The lowest BCUT2D eigenvalue weighted by Crippen LogP contribution is -2.39. The van der Waals surface area contributed by atoms with Crippen LogP contribution in [0.25, 0.3) is 0 Å². The van der Waals surface area contributed by atoms with Gasteiger partial charge in [-0.1, -0.05) is 35.9 Å². The van der Waals surface area contributed by atoms with Gasteiger partial charge in [-0.2, -0.15) is 0 Å². The zero-order chi connectivity index (χ0) is 13.9. The van der Waals surface area contributed by atoms with Crippen LogP contribution in [0.5, 0.6) is 0 Å². The summed E-state index contributed by atoms with van der Waals surface area (Å²) in [6, 6.07) is 13.7. The Morgan fingerprint density at radius 1 is 1.15 bits per heavy atom. The first-order valence-corrected chi connectivity index (χ1v) is 7.43. The van der Waals surface area contributed by atoms with E-state index in [1.807, 2.05) is 12.3 Å². The molecular formula is C18H22N2. The third-order valence-electron chi connectivity index (χ3n) is 4.33. The van der Waals surface area contributed by atoms with Gasteiger partial charge in [0.05, 0.1) is 5.69 Å². The molecule has 0 saturated heterocycles. The fraction of sp³-hybridized carbons (Fsp3) is 0.389. The van der Waals surface area contributed by atoms with Crippen molar-refractivity contribution in [3.05, 3.63) is 65.0 Å². The zero-order valence-corrected chi connectivity index (χ0v) is 12.3. The summed E-state index contributed by atoms with van der Waals surface area (Å²) < 4.78 is 0. The molecule has 1 aliphatic carbocycles. The molecule has 0 atom stereocenters. The van der Waals surface area contributed by atoms with Crippen LogP contribution in [0.15, 0.2) is 42.6 Å². The van der Waals surface area contributed by atoms with E-state index in [2.05, 4.69) is 54.5 Å². The molecule has 1 N–H and O–H groups in total. The van der Waals surface area contributed by atoms with Crippen LogP contribution >= 0.6 is 0 Å². The SMILES string of the molecule is Cc1cccc(C2CC(NCc3ncccc3C)C2)c1. The predicted molar refractivity (Wildman–Crippen MR) is 82.8 cm³/mol. The maximum atomic E-state index is 4.43. The smallest absolute Gasteiger partial charge is 0.0570 e. The molecular weight excluding hydrogens is 244 g/mol. The van der Waals surface area contributed by atoms with Gasteiger partial charge >= 0.3 is 0 Å². The molecule has 0 amide bonds. The largest absolute Gasteiger partial charge is 0.308 e. The standard InChI is InChI=1S/C18H22N2/c1-13-5-3-7-15(9-13)16-10-17(11-16)20-12-18-14(2)6-4-8-19-18/h3-9,16-17,20H,10-12H2,1-2H3. The van der Waals surface area contributed by atoms with Crippen LogP contribution in [0.3, 0.4) is 0 Å². The molecule has 3 rings (SSSR count). The van der Waals surface area contributed by atoms with E-state index in [0.29, 0.717) is 6.04 Å². The van der Waals surface area contributed by atoms with E-state index in [0.717, 1.165) is 12.5 Å². The Morgan fingerprint density at radius 3 is 2.75 bits per heavy atom. The number of rotatable bonds is 4. The third kappa shape index (κ3) is 2.91. The fourth-order valence-electron chi connectivity index (χ4n) is 2.93. The van der Waals surface area contributed by atoms with E-state index in [1.165, 1.54) is 35.2 Å². The second-order valence-electron chi connectivity index (χ2n) is 5.93. The first-order valence-electron chi connectivity index (χ1n) is 7.43. The Balaban J connectivity index is 1.50. The first kappa shape index (κ1) is 13.3. The van der Waals surface area contributed by atoms with Crippen LogP contribution in [0.4, 0.5) is 0 Å². The molecule has 2 aromatic rings. The van der Waals surface area contributed by atoms with Crippen molar-refractivity contribution in [2.75, 3.05) is 0 Å². The van der Waals surface area contributed by atoms with E-state index in [9.17, 15) is 0 Å². The third-order valence-corrected chi connectivity index (χ3v) is 4.33. The van der Waals surface area contributed by atoms with Gasteiger partial charge in [0, 0.05) is 18.8 Å². The molecule has 1 saturated carbocycles.